The average Bonchev–Trinajstić information content (AvgIpc) is 3.02. The van der Waals surface area contributed by atoms with E-state index < -0.39 is 34.3 Å². The quantitative estimate of drug-likeness (QED) is 0.189. The lowest BCUT2D eigenvalue weighted by Gasteiger charge is -2.34. The molecule has 0 aliphatic rings. The molecule has 0 spiro atoms. The third kappa shape index (κ3) is 8.45. The number of hydrogen-bond donors (Lipinski definition) is 1. The normalized spacial score (nSPS) is 12.6. The van der Waals surface area contributed by atoms with Crippen molar-refractivity contribution in [3.8, 4) is 0 Å². The molecule has 0 saturated carbocycles. The van der Waals surface area contributed by atoms with Gasteiger partial charge in [0.1, 0.15) is 18.4 Å². The van der Waals surface area contributed by atoms with Crippen molar-refractivity contribution in [1.29, 1.82) is 0 Å². The fourth-order valence-corrected chi connectivity index (χ4v) is 6.33. The third-order valence-corrected chi connectivity index (χ3v) is 9.26. The monoisotopic (exact) mass is 635 g/mol. The van der Waals surface area contributed by atoms with E-state index in [9.17, 15) is 22.4 Å². The van der Waals surface area contributed by atoms with Gasteiger partial charge < -0.3 is 10.2 Å². The number of sulfonamides is 1. The van der Waals surface area contributed by atoms with E-state index >= 15 is 0 Å². The zero-order valence-corrected chi connectivity index (χ0v) is 26.1. The van der Waals surface area contributed by atoms with E-state index in [1.165, 1.54) is 29.2 Å². The number of anilines is 1. The predicted octanol–water partition coefficient (Wildman–Crippen LogP) is 6.23. The maximum Gasteiger partial charge on any atom is 0.264 e. The smallest absolute Gasteiger partial charge is 0.264 e. The maximum atomic E-state index is 14.4. The predicted molar refractivity (Wildman–Crippen MR) is 171 cm³/mol. The van der Waals surface area contributed by atoms with Gasteiger partial charge in [0.05, 0.1) is 10.6 Å². The molecule has 0 aromatic heterocycles. The minimum Gasteiger partial charge on any atom is -0.352 e. The minimum absolute atomic E-state index is 0.00649. The van der Waals surface area contributed by atoms with Crippen LogP contribution >= 0.6 is 11.6 Å². The maximum absolute atomic E-state index is 14.4. The molecule has 0 fully saturated rings. The van der Waals surface area contributed by atoms with Crippen LogP contribution in [0, 0.1) is 5.82 Å². The largest absolute Gasteiger partial charge is 0.352 e. The fourth-order valence-electron chi connectivity index (χ4n) is 4.68. The summed E-state index contributed by atoms with van der Waals surface area (Å²) >= 11 is 6.27. The van der Waals surface area contributed by atoms with Crippen molar-refractivity contribution in [3.05, 3.63) is 131 Å². The number of carbonyl (C=O) groups is 2. The van der Waals surface area contributed by atoms with Crippen LogP contribution in [0.2, 0.25) is 5.02 Å². The molecule has 230 valence electrons. The van der Waals surface area contributed by atoms with E-state index in [2.05, 4.69) is 5.32 Å². The molecule has 7 nitrogen and oxygen atoms in total. The highest BCUT2D eigenvalue weighted by molar-refractivity contribution is 7.92. The van der Waals surface area contributed by atoms with E-state index in [1.54, 1.807) is 42.5 Å². The SMILES string of the molecule is CC[C@H](C)NC(=O)[C@H](Cc1ccccc1)N(Cc1cccc(Cl)c1)C(=O)CN(c1ccc(F)cc1)S(=O)(=O)c1ccccc1. The van der Waals surface area contributed by atoms with Crippen molar-refractivity contribution < 1.29 is 22.4 Å². The van der Waals surface area contributed by atoms with Crippen molar-refractivity contribution in [1.82, 2.24) is 10.2 Å². The van der Waals surface area contributed by atoms with Crippen molar-refractivity contribution in [3.63, 3.8) is 0 Å². The molecule has 1 N–H and O–H groups in total. The highest BCUT2D eigenvalue weighted by atomic mass is 35.5. The first-order chi connectivity index (χ1) is 21.1. The number of hydrogen-bond acceptors (Lipinski definition) is 4. The van der Waals surface area contributed by atoms with E-state index in [-0.39, 0.29) is 35.5 Å². The number of rotatable bonds is 13. The summed E-state index contributed by atoms with van der Waals surface area (Å²) in [5.41, 5.74) is 1.60. The number of halogens is 2. The molecule has 4 rings (SSSR count). The molecule has 0 aliphatic carbocycles. The summed E-state index contributed by atoms with van der Waals surface area (Å²) in [7, 11) is -4.26. The van der Waals surface area contributed by atoms with Gasteiger partial charge in [-0.25, -0.2) is 12.8 Å². The molecular weight excluding hydrogens is 601 g/mol. The Balaban J connectivity index is 1.80. The molecule has 0 aliphatic heterocycles. The topological polar surface area (TPSA) is 86.8 Å². The van der Waals surface area contributed by atoms with Gasteiger partial charge in [0.15, 0.2) is 0 Å². The Bertz CT molecular complexity index is 1660. The van der Waals surface area contributed by atoms with E-state index in [0.717, 1.165) is 22.0 Å². The highest BCUT2D eigenvalue weighted by Crippen LogP contribution is 2.25. The van der Waals surface area contributed by atoms with Crippen molar-refractivity contribution >= 4 is 39.1 Å². The zero-order valence-electron chi connectivity index (χ0n) is 24.6. The van der Waals surface area contributed by atoms with Crippen LogP contribution in [0.4, 0.5) is 10.1 Å². The van der Waals surface area contributed by atoms with Crippen LogP contribution in [0.3, 0.4) is 0 Å². The van der Waals surface area contributed by atoms with Crippen LogP contribution in [0.5, 0.6) is 0 Å². The summed E-state index contributed by atoms with van der Waals surface area (Å²) in [6.07, 6.45) is 0.872. The molecular formula is C34H35ClFN3O4S. The molecule has 2 atom stereocenters. The first-order valence-electron chi connectivity index (χ1n) is 14.3. The van der Waals surface area contributed by atoms with Crippen LogP contribution in [-0.2, 0) is 32.6 Å². The van der Waals surface area contributed by atoms with Gasteiger partial charge in [0.25, 0.3) is 10.0 Å². The minimum atomic E-state index is -4.26. The van der Waals surface area contributed by atoms with Crippen LogP contribution in [-0.4, -0.2) is 43.8 Å². The van der Waals surface area contributed by atoms with Gasteiger partial charge in [-0.05, 0) is 73.0 Å². The summed E-state index contributed by atoms with van der Waals surface area (Å²) in [6.45, 7) is 3.18. The van der Waals surface area contributed by atoms with Crippen molar-refractivity contribution in [2.45, 2.75) is 50.2 Å². The number of nitrogens with one attached hydrogen (secondary N) is 1. The van der Waals surface area contributed by atoms with Gasteiger partial charge in [-0.1, -0.05) is 79.2 Å². The second-order valence-corrected chi connectivity index (χ2v) is 12.8. The second kappa shape index (κ2) is 15.0. The molecule has 2 amide bonds. The number of carbonyl (C=O) groups excluding carboxylic acids is 2. The van der Waals surface area contributed by atoms with E-state index in [0.29, 0.717) is 17.0 Å². The first kappa shape index (κ1) is 32.7. The Labute approximate surface area is 263 Å². The molecule has 10 heteroatoms. The van der Waals surface area contributed by atoms with Gasteiger partial charge in [-0.2, -0.15) is 0 Å². The summed E-state index contributed by atoms with van der Waals surface area (Å²) in [6, 6.07) is 27.7. The van der Waals surface area contributed by atoms with Gasteiger partial charge in [-0.3, -0.25) is 13.9 Å². The summed E-state index contributed by atoms with van der Waals surface area (Å²) in [5.74, 6) is -1.53. The Hall–Kier alpha value is -4.21. The molecule has 0 heterocycles. The molecule has 0 radical (unpaired) electrons. The third-order valence-electron chi connectivity index (χ3n) is 7.24. The second-order valence-electron chi connectivity index (χ2n) is 10.5. The van der Waals surface area contributed by atoms with Crippen LogP contribution in [0.1, 0.15) is 31.4 Å². The van der Waals surface area contributed by atoms with Gasteiger partial charge in [-0.15, -0.1) is 0 Å². The lowest BCUT2D eigenvalue weighted by molar-refractivity contribution is -0.140. The summed E-state index contributed by atoms with van der Waals surface area (Å²) < 4.78 is 42.7. The lowest BCUT2D eigenvalue weighted by atomic mass is 10.0. The number of benzene rings is 4. The molecule has 0 saturated heterocycles. The van der Waals surface area contributed by atoms with Crippen LogP contribution in [0.15, 0.2) is 114 Å². The molecule has 0 unspecified atom stereocenters. The molecule has 4 aromatic carbocycles. The average molecular weight is 636 g/mol. The number of amides is 2. The zero-order chi connectivity index (χ0) is 31.7. The van der Waals surface area contributed by atoms with E-state index in [1.807, 2.05) is 44.2 Å². The van der Waals surface area contributed by atoms with Crippen LogP contribution in [0.25, 0.3) is 0 Å². The lowest BCUT2D eigenvalue weighted by Crippen LogP contribution is -2.54. The van der Waals surface area contributed by atoms with E-state index in [4.69, 9.17) is 11.6 Å². The summed E-state index contributed by atoms with van der Waals surface area (Å²) in [4.78, 5) is 29.6. The highest BCUT2D eigenvalue weighted by Gasteiger charge is 2.35. The fraction of sp³-hybridized carbons (Fsp3) is 0.235. The van der Waals surface area contributed by atoms with Crippen LogP contribution < -0.4 is 9.62 Å². The van der Waals surface area contributed by atoms with Gasteiger partial charge in [0.2, 0.25) is 11.8 Å². The standard InChI is InChI=1S/C34H35ClFN3O4S/c1-3-25(2)37-34(41)32(22-26-11-6-4-7-12-26)38(23-27-13-10-14-28(35)21-27)33(40)24-39(30-19-17-29(36)18-20-30)44(42,43)31-15-8-5-9-16-31/h4-21,25,32H,3,22-24H2,1-2H3,(H,37,41)/t25-,32-/m0/s1. The van der Waals surface area contributed by atoms with Gasteiger partial charge in [0, 0.05) is 24.0 Å². The Kier molecular flexibility index (Phi) is 11.1. The van der Waals surface area contributed by atoms with Crippen molar-refractivity contribution in [2.24, 2.45) is 0 Å². The number of nitrogens with zero attached hydrogens (tertiary/aromatic N) is 2. The Morgan fingerprint density at radius 3 is 2.09 bits per heavy atom. The van der Waals surface area contributed by atoms with Gasteiger partial charge >= 0.3 is 0 Å². The summed E-state index contributed by atoms with van der Waals surface area (Å²) in [5, 5.41) is 3.45. The molecule has 44 heavy (non-hydrogen) atoms. The Morgan fingerprint density at radius 2 is 1.48 bits per heavy atom. The Morgan fingerprint density at radius 1 is 0.864 bits per heavy atom. The van der Waals surface area contributed by atoms with Crippen molar-refractivity contribution in [2.75, 3.05) is 10.8 Å². The molecule has 4 aromatic rings. The first-order valence-corrected chi connectivity index (χ1v) is 16.1. The molecule has 0 bridgehead atoms.